The molecular weight excluding hydrogens is 225 g/mol. The van der Waals surface area contributed by atoms with Crippen LogP contribution in [0.25, 0.3) is 0 Å². The smallest absolute Gasteiger partial charge is 0.436 e. The van der Waals surface area contributed by atoms with Gasteiger partial charge in [-0.15, -0.1) is 0 Å². The molecule has 0 saturated heterocycles. The Morgan fingerprint density at radius 2 is 1.94 bits per heavy atom. The van der Waals surface area contributed by atoms with Crippen LogP contribution in [0.5, 0.6) is 0 Å². The van der Waals surface area contributed by atoms with Gasteiger partial charge in [0, 0.05) is 6.20 Å². The molecule has 0 radical (unpaired) electrons. The average Bonchev–Trinajstić information content (AvgIpc) is 2.45. The molecule has 0 saturated carbocycles. The maximum absolute atomic E-state index is 12.4. The summed E-state index contributed by atoms with van der Waals surface area (Å²) in [4.78, 5) is 11.4. The van der Waals surface area contributed by atoms with Crippen molar-refractivity contribution >= 4 is 5.97 Å². The Bertz CT molecular complexity index is 390. The van der Waals surface area contributed by atoms with Gasteiger partial charge in [0.1, 0.15) is 11.2 Å². The van der Waals surface area contributed by atoms with Crippen molar-refractivity contribution < 1.29 is 22.7 Å². The van der Waals surface area contributed by atoms with E-state index in [2.05, 4.69) is 5.10 Å². The number of esters is 1. The lowest BCUT2D eigenvalue weighted by atomic mass is 10.2. The van der Waals surface area contributed by atoms with Gasteiger partial charge in [0.15, 0.2) is 5.69 Å². The standard InChI is InChI=1S/C9H11F3N2O2/c1-8(2,3)16-7(15)5-4-13-14-6(5)9(10,11)12/h4H,1-3H3,(H,13,14). The molecule has 1 aromatic heterocycles. The van der Waals surface area contributed by atoms with Crippen LogP contribution >= 0.6 is 0 Å². The lowest BCUT2D eigenvalue weighted by Crippen LogP contribution is -2.25. The van der Waals surface area contributed by atoms with Crippen LogP contribution in [-0.4, -0.2) is 21.8 Å². The van der Waals surface area contributed by atoms with Crippen molar-refractivity contribution in [2.45, 2.75) is 32.5 Å². The number of halogens is 3. The third-order valence-corrected chi connectivity index (χ3v) is 1.53. The van der Waals surface area contributed by atoms with Crippen molar-refractivity contribution in [3.63, 3.8) is 0 Å². The van der Waals surface area contributed by atoms with Crippen LogP contribution in [0.1, 0.15) is 36.8 Å². The maximum atomic E-state index is 12.4. The van der Waals surface area contributed by atoms with Gasteiger partial charge in [0.2, 0.25) is 0 Å². The second-order valence-electron chi connectivity index (χ2n) is 4.15. The number of aromatic amines is 1. The summed E-state index contributed by atoms with van der Waals surface area (Å²) in [5.74, 6) is -1.05. The average molecular weight is 236 g/mol. The van der Waals surface area contributed by atoms with Crippen molar-refractivity contribution in [3.8, 4) is 0 Å². The van der Waals surface area contributed by atoms with E-state index in [1.807, 2.05) is 5.10 Å². The summed E-state index contributed by atoms with van der Waals surface area (Å²) < 4.78 is 42.0. The van der Waals surface area contributed by atoms with Crippen LogP contribution in [0.3, 0.4) is 0 Å². The fourth-order valence-corrected chi connectivity index (χ4v) is 0.995. The number of ether oxygens (including phenoxy) is 1. The Balaban J connectivity index is 2.98. The fraction of sp³-hybridized carbons (Fsp3) is 0.556. The molecule has 1 rings (SSSR count). The third kappa shape index (κ3) is 2.98. The van der Waals surface area contributed by atoms with Crippen molar-refractivity contribution in [3.05, 3.63) is 17.5 Å². The molecule has 0 spiro atoms. The van der Waals surface area contributed by atoms with Crippen molar-refractivity contribution in [2.75, 3.05) is 0 Å². The summed E-state index contributed by atoms with van der Waals surface area (Å²) in [6.45, 7) is 4.70. The minimum Gasteiger partial charge on any atom is -0.456 e. The number of carbonyl (C=O) groups is 1. The Labute approximate surface area is 89.8 Å². The first-order chi connectivity index (χ1) is 7.11. The highest BCUT2D eigenvalue weighted by Gasteiger charge is 2.39. The van der Waals surface area contributed by atoms with Gasteiger partial charge in [-0.05, 0) is 20.8 Å². The predicted molar refractivity (Wildman–Crippen MR) is 48.8 cm³/mol. The van der Waals surface area contributed by atoms with Gasteiger partial charge in [-0.3, -0.25) is 5.10 Å². The Hall–Kier alpha value is -1.53. The zero-order chi connectivity index (χ0) is 12.6. The molecule has 4 nitrogen and oxygen atoms in total. The lowest BCUT2D eigenvalue weighted by Gasteiger charge is -2.19. The van der Waals surface area contributed by atoms with Gasteiger partial charge in [0.25, 0.3) is 0 Å². The van der Waals surface area contributed by atoms with E-state index in [-0.39, 0.29) is 0 Å². The number of nitrogens with one attached hydrogen (secondary N) is 1. The van der Waals surface area contributed by atoms with Gasteiger partial charge in [0.05, 0.1) is 0 Å². The molecular formula is C9H11F3N2O2. The molecule has 1 aromatic rings. The Morgan fingerprint density at radius 3 is 2.38 bits per heavy atom. The normalized spacial score (nSPS) is 12.6. The number of carbonyl (C=O) groups excluding carboxylic acids is 1. The molecule has 90 valence electrons. The van der Waals surface area contributed by atoms with E-state index in [0.29, 0.717) is 0 Å². The zero-order valence-electron chi connectivity index (χ0n) is 8.97. The largest absolute Gasteiger partial charge is 0.456 e. The van der Waals surface area contributed by atoms with Crippen LogP contribution in [0.4, 0.5) is 13.2 Å². The van der Waals surface area contributed by atoms with Crippen LogP contribution in [0.2, 0.25) is 0 Å². The second kappa shape index (κ2) is 3.80. The van der Waals surface area contributed by atoms with Crippen LogP contribution < -0.4 is 0 Å². The Morgan fingerprint density at radius 1 is 1.38 bits per heavy atom. The number of alkyl halides is 3. The summed E-state index contributed by atoms with van der Waals surface area (Å²) in [6, 6.07) is 0. The SMILES string of the molecule is CC(C)(C)OC(=O)c1c[nH]nc1C(F)(F)F. The first-order valence-corrected chi connectivity index (χ1v) is 4.45. The van der Waals surface area contributed by atoms with E-state index in [0.717, 1.165) is 6.20 Å². The Kier molecular flexibility index (Phi) is 2.98. The highest BCUT2D eigenvalue weighted by molar-refractivity contribution is 5.90. The number of hydrogen-bond donors (Lipinski definition) is 1. The first kappa shape index (κ1) is 12.5. The van der Waals surface area contributed by atoms with E-state index < -0.39 is 29.0 Å². The van der Waals surface area contributed by atoms with Crippen LogP contribution in [-0.2, 0) is 10.9 Å². The minimum absolute atomic E-state index is 0.609. The quantitative estimate of drug-likeness (QED) is 0.761. The fourth-order valence-electron chi connectivity index (χ4n) is 0.995. The molecule has 16 heavy (non-hydrogen) atoms. The molecule has 0 aliphatic carbocycles. The number of rotatable bonds is 1. The minimum atomic E-state index is -4.67. The highest BCUT2D eigenvalue weighted by atomic mass is 19.4. The van der Waals surface area contributed by atoms with Crippen LogP contribution in [0, 0.1) is 0 Å². The number of H-pyrrole nitrogens is 1. The maximum Gasteiger partial charge on any atom is 0.436 e. The molecule has 0 aliphatic heterocycles. The first-order valence-electron chi connectivity index (χ1n) is 4.45. The molecule has 1 heterocycles. The number of hydrogen-bond acceptors (Lipinski definition) is 3. The lowest BCUT2D eigenvalue weighted by molar-refractivity contribution is -0.141. The van der Waals surface area contributed by atoms with Crippen molar-refractivity contribution in [1.29, 1.82) is 0 Å². The van der Waals surface area contributed by atoms with Gasteiger partial charge in [-0.2, -0.15) is 18.3 Å². The van der Waals surface area contributed by atoms with E-state index in [1.54, 1.807) is 20.8 Å². The number of aromatic nitrogens is 2. The summed E-state index contributed by atoms with van der Waals surface area (Å²) in [5, 5.41) is 4.99. The molecule has 0 bridgehead atoms. The van der Waals surface area contributed by atoms with Gasteiger partial charge >= 0.3 is 12.1 Å². The molecule has 1 N–H and O–H groups in total. The van der Waals surface area contributed by atoms with Gasteiger partial charge < -0.3 is 4.74 Å². The van der Waals surface area contributed by atoms with E-state index >= 15 is 0 Å². The molecule has 0 amide bonds. The third-order valence-electron chi connectivity index (χ3n) is 1.53. The van der Waals surface area contributed by atoms with Gasteiger partial charge in [-0.25, -0.2) is 4.79 Å². The zero-order valence-corrected chi connectivity index (χ0v) is 8.97. The van der Waals surface area contributed by atoms with E-state index in [1.165, 1.54) is 0 Å². The molecule has 0 aromatic carbocycles. The highest BCUT2D eigenvalue weighted by Crippen LogP contribution is 2.30. The summed E-state index contributed by atoms with van der Waals surface area (Å²) in [5.41, 5.74) is -2.72. The van der Waals surface area contributed by atoms with Gasteiger partial charge in [-0.1, -0.05) is 0 Å². The molecule has 0 atom stereocenters. The number of nitrogens with zero attached hydrogens (tertiary/aromatic N) is 1. The van der Waals surface area contributed by atoms with Crippen LogP contribution in [0.15, 0.2) is 6.20 Å². The molecule has 0 aliphatic rings. The van der Waals surface area contributed by atoms with E-state index in [4.69, 9.17) is 4.74 Å². The topological polar surface area (TPSA) is 55.0 Å². The van der Waals surface area contributed by atoms with E-state index in [9.17, 15) is 18.0 Å². The molecule has 0 fully saturated rings. The summed E-state index contributed by atoms with van der Waals surface area (Å²) in [6.07, 6.45) is -3.80. The molecule has 0 unspecified atom stereocenters. The monoisotopic (exact) mass is 236 g/mol. The molecule has 7 heteroatoms. The second-order valence-corrected chi connectivity index (χ2v) is 4.15. The van der Waals surface area contributed by atoms with Crippen molar-refractivity contribution in [2.24, 2.45) is 0 Å². The summed E-state index contributed by atoms with van der Waals surface area (Å²) in [7, 11) is 0. The van der Waals surface area contributed by atoms with Crippen molar-refractivity contribution in [1.82, 2.24) is 10.2 Å². The predicted octanol–water partition coefficient (Wildman–Crippen LogP) is 2.38. The summed E-state index contributed by atoms with van der Waals surface area (Å²) >= 11 is 0.